The van der Waals surface area contributed by atoms with Crippen LogP contribution in [0.5, 0.6) is 0 Å². The molecule has 0 unspecified atom stereocenters. The van der Waals surface area contributed by atoms with Crippen LogP contribution in [-0.2, 0) is 13.2 Å². The summed E-state index contributed by atoms with van der Waals surface area (Å²) < 4.78 is 2.02. The lowest BCUT2D eigenvalue weighted by Gasteiger charge is -2.07. The maximum atomic E-state index is 8.96. The fourth-order valence-electron chi connectivity index (χ4n) is 1.35. The number of aliphatic hydroxyl groups excluding tert-OH is 1. The molecule has 0 aliphatic heterocycles. The smallest absolute Gasteiger partial charge is 0.0948 e. The summed E-state index contributed by atoms with van der Waals surface area (Å²) in [7, 11) is 0. The van der Waals surface area contributed by atoms with Gasteiger partial charge in [0.25, 0.3) is 0 Å². The molecule has 1 heterocycles. The zero-order chi connectivity index (χ0) is 9.68. The average molecular weight is 182 g/mol. The molecule has 74 valence electrons. The maximum absolute atomic E-state index is 8.96. The Morgan fingerprint density at radius 1 is 1.54 bits per heavy atom. The predicted octanol–water partition coefficient (Wildman–Crippen LogP) is 1.81. The topological polar surface area (TPSA) is 38.0 Å². The SMILES string of the molecule is CC(C)CCCn1cncc1CO. The average Bonchev–Trinajstić information content (AvgIpc) is 2.51. The molecule has 0 bridgehead atoms. The molecule has 0 aliphatic rings. The molecule has 0 radical (unpaired) electrons. The van der Waals surface area contributed by atoms with Gasteiger partial charge in [0.05, 0.1) is 24.8 Å². The molecule has 0 saturated heterocycles. The Kier molecular flexibility index (Phi) is 3.96. The van der Waals surface area contributed by atoms with Crippen LogP contribution < -0.4 is 0 Å². The number of aryl methyl sites for hydroxylation is 1. The van der Waals surface area contributed by atoms with E-state index in [1.165, 1.54) is 6.42 Å². The second-order valence-electron chi connectivity index (χ2n) is 3.77. The first-order valence-corrected chi connectivity index (χ1v) is 4.84. The van der Waals surface area contributed by atoms with Crippen molar-refractivity contribution < 1.29 is 5.11 Å². The Morgan fingerprint density at radius 3 is 2.92 bits per heavy atom. The normalized spacial score (nSPS) is 11.1. The van der Waals surface area contributed by atoms with Gasteiger partial charge in [0, 0.05) is 6.54 Å². The van der Waals surface area contributed by atoms with E-state index in [1.807, 2.05) is 4.57 Å². The van der Waals surface area contributed by atoms with Crippen molar-refractivity contribution in [2.75, 3.05) is 0 Å². The van der Waals surface area contributed by atoms with Crippen LogP contribution in [0.25, 0.3) is 0 Å². The number of imidazole rings is 1. The van der Waals surface area contributed by atoms with Crippen molar-refractivity contribution >= 4 is 0 Å². The zero-order valence-corrected chi connectivity index (χ0v) is 8.40. The van der Waals surface area contributed by atoms with Gasteiger partial charge in [-0.05, 0) is 18.8 Å². The fourth-order valence-corrected chi connectivity index (χ4v) is 1.35. The van der Waals surface area contributed by atoms with Crippen molar-refractivity contribution in [1.82, 2.24) is 9.55 Å². The summed E-state index contributed by atoms with van der Waals surface area (Å²) >= 11 is 0. The van der Waals surface area contributed by atoms with Gasteiger partial charge >= 0.3 is 0 Å². The van der Waals surface area contributed by atoms with E-state index in [2.05, 4.69) is 18.8 Å². The summed E-state index contributed by atoms with van der Waals surface area (Å²) in [5, 5.41) is 8.96. The van der Waals surface area contributed by atoms with Crippen LogP contribution in [0.4, 0.5) is 0 Å². The maximum Gasteiger partial charge on any atom is 0.0948 e. The minimum absolute atomic E-state index is 0.0850. The standard InChI is InChI=1S/C10H18N2O/c1-9(2)4-3-5-12-8-11-6-10(12)7-13/h6,8-9,13H,3-5,7H2,1-2H3. The second-order valence-corrected chi connectivity index (χ2v) is 3.77. The lowest BCUT2D eigenvalue weighted by Crippen LogP contribution is -2.02. The van der Waals surface area contributed by atoms with Gasteiger partial charge in [-0.3, -0.25) is 0 Å². The molecule has 0 aromatic carbocycles. The van der Waals surface area contributed by atoms with Crippen molar-refractivity contribution in [2.24, 2.45) is 5.92 Å². The molecule has 0 atom stereocenters. The Bertz CT molecular complexity index is 243. The first kappa shape index (κ1) is 10.3. The molecule has 0 fully saturated rings. The number of hydrogen-bond acceptors (Lipinski definition) is 2. The number of aliphatic hydroxyl groups is 1. The van der Waals surface area contributed by atoms with Crippen LogP contribution in [0.1, 0.15) is 32.4 Å². The number of hydrogen-bond donors (Lipinski definition) is 1. The third kappa shape index (κ3) is 3.19. The Hall–Kier alpha value is -0.830. The minimum Gasteiger partial charge on any atom is -0.390 e. The summed E-state index contributed by atoms with van der Waals surface area (Å²) in [5.41, 5.74) is 0.906. The number of rotatable bonds is 5. The van der Waals surface area contributed by atoms with Gasteiger partial charge < -0.3 is 9.67 Å². The predicted molar refractivity (Wildman–Crippen MR) is 52.2 cm³/mol. The molecular formula is C10H18N2O. The molecule has 1 aromatic heterocycles. The summed E-state index contributed by atoms with van der Waals surface area (Å²) in [6.45, 7) is 5.50. The quantitative estimate of drug-likeness (QED) is 0.754. The van der Waals surface area contributed by atoms with Crippen LogP contribution in [0.2, 0.25) is 0 Å². The monoisotopic (exact) mass is 182 g/mol. The van der Waals surface area contributed by atoms with Gasteiger partial charge in [-0.15, -0.1) is 0 Å². The Morgan fingerprint density at radius 2 is 2.31 bits per heavy atom. The summed E-state index contributed by atoms with van der Waals surface area (Å²) in [5.74, 6) is 0.751. The van der Waals surface area contributed by atoms with Gasteiger partial charge in [-0.25, -0.2) is 4.98 Å². The van der Waals surface area contributed by atoms with E-state index in [1.54, 1.807) is 12.5 Å². The molecule has 0 amide bonds. The Labute approximate surface area is 79.4 Å². The van der Waals surface area contributed by atoms with Crippen LogP contribution in [0, 0.1) is 5.92 Å². The molecule has 0 aliphatic carbocycles. The molecule has 3 heteroatoms. The number of aromatic nitrogens is 2. The highest BCUT2D eigenvalue weighted by molar-refractivity contribution is 4.95. The molecule has 3 nitrogen and oxygen atoms in total. The van der Waals surface area contributed by atoms with Gasteiger partial charge in [0.2, 0.25) is 0 Å². The number of nitrogens with zero attached hydrogens (tertiary/aromatic N) is 2. The van der Waals surface area contributed by atoms with E-state index in [-0.39, 0.29) is 6.61 Å². The molecule has 0 saturated carbocycles. The highest BCUT2D eigenvalue weighted by Crippen LogP contribution is 2.07. The van der Waals surface area contributed by atoms with E-state index in [0.29, 0.717) is 0 Å². The molecule has 13 heavy (non-hydrogen) atoms. The van der Waals surface area contributed by atoms with Gasteiger partial charge in [-0.2, -0.15) is 0 Å². The highest BCUT2D eigenvalue weighted by Gasteiger charge is 2.00. The van der Waals surface area contributed by atoms with Crippen molar-refractivity contribution in [1.29, 1.82) is 0 Å². The summed E-state index contributed by atoms with van der Waals surface area (Å²) in [6.07, 6.45) is 5.88. The van der Waals surface area contributed by atoms with E-state index in [4.69, 9.17) is 5.11 Å². The van der Waals surface area contributed by atoms with Crippen molar-refractivity contribution in [3.63, 3.8) is 0 Å². The molecule has 0 spiro atoms. The zero-order valence-electron chi connectivity index (χ0n) is 8.40. The van der Waals surface area contributed by atoms with Gasteiger partial charge in [-0.1, -0.05) is 13.8 Å². The molecule has 1 rings (SSSR count). The minimum atomic E-state index is 0.0850. The third-order valence-corrected chi connectivity index (χ3v) is 2.14. The third-order valence-electron chi connectivity index (χ3n) is 2.14. The molecular weight excluding hydrogens is 164 g/mol. The summed E-state index contributed by atoms with van der Waals surface area (Å²) in [4.78, 5) is 3.99. The van der Waals surface area contributed by atoms with Crippen LogP contribution in [-0.4, -0.2) is 14.7 Å². The van der Waals surface area contributed by atoms with Crippen LogP contribution in [0.15, 0.2) is 12.5 Å². The first-order chi connectivity index (χ1) is 6.24. The Balaban J connectivity index is 2.36. The second kappa shape index (κ2) is 5.02. The van der Waals surface area contributed by atoms with E-state index < -0.39 is 0 Å². The van der Waals surface area contributed by atoms with Gasteiger partial charge in [0.1, 0.15) is 0 Å². The van der Waals surface area contributed by atoms with Crippen molar-refractivity contribution in [2.45, 2.75) is 39.8 Å². The highest BCUT2D eigenvalue weighted by atomic mass is 16.3. The van der Waals surface area contributed by atoms with Crippen LogP contribution >= 0.6 is 0 Å². The van der Waals surface area contributed by atoms with E-state index in [9.17, 15) is 0 Å². The lowest BCUT2D eigenvalue weighted by atomic mass is 10.1. The molecule has 1 aromatic rings. The molecule has 1 N–H and O–H groups in total. The van der Waals surface area contributed by atoms with Crippen LogP contribution in [0.3, 0.4) is 0 Å². The first-order valence-electron chi connectivity index (χ1n) is 4.84. The largest absolute Gasteiger partial charge is 0.390 e. The fraction of sp³-hybridized carbons (Fsp3) is 0.700. The van der Waals surface area contributed by atoms with Crippen molar-refractivity contribution in [3.05, 3.63) is 18.2 Å². The van der Waals surface area contributed by atoms with E-state index in [0.717, 1.165) is 24.6 Å². The van der Waals surface area contributed by atoms with E-state index >= 15 is 0 Å². The van der Waals surface area contributed by atoms with Crippen molar-refractivity contribution in [3.8, 4) is 0 Å². The van der Waals surface area contributed by atoms with Gasteiger partial charge in [0.15, 0.2) is 0 Å². The lowest BCUT2D eigenvalue weighted by molar-refractivity contribution is 0.269. The summed E-state index contributed by atoms with van der Waals surface area (Å²) in [6, 6.07) is 0.